The van der Waals surface area contributed by atoms with Crippen LogP contribution >= 0.6 is 0 Å². The number of nitrogens with one attached hydrogen (secondary N) is 1. The van der Waals surface area contributed by atoms with Crippen molar-refractivity contribution in [2.45, 2.75) is 20.4 Å². The molecule has 2 aromatic rings. The summed E-state index contributed by atoms with van der Waals surface area (Å²) in [6.45, 7) is 6.12. The van der Waals surface area contributed by atoms with E-state index in [-0.39, 0.29) is 5.82 Å². The van der Waals surface area contributed by atoms with E-state index in [4.69, 9.17) is 0 Å². The van der Waals surface area contributed by atoms with Gasteiger partial charge in [-0.15, -0.1) is 0 Å². The topological polar surface area (TPSA) is 15.3 Å². The Morgan fingerprint density at radius 3 is 2.29 bits per heavy atom. The third-order valence-electron chi connectivity index (χ3n) is 3.43. The summed E-state index contributed by atoms with van der Waals surface area (Å²) in [5.74, 6) is 0.409. The summed E-state index contributed by atoms with van der Waals surface area (Å²) >= 11 is 0. The van der Waals surface area contributed by atoms with E-state index in [0.29, 0.717) is 11.6 Å². The lowest BCUT2D eigenvalue weighted by Crippen LogP contribution is -2.21. The first-order chi connectivity index (χ1) is 10.1. The maximum Gasteiger partial charge on any atom is 0.146 e. The lowest BCUT2D eigenvalue weighted by atomic mass is 10.1. The van der Waals surface area contributed by atoms with E-state index >= 15 is 0 Å². The van der Waals surface area contributed by atoms with Crippen LogP contribution in [0.1, 0.15) is 19.4 Å². The van der Waals surface area contributed by atoms with Crippen LogP contribution in [0.15, 0.2) is 48.5 Å². The van der Waals surface area contributed by atoms with Gasteiger partial charge >= 0.3 is 0 Å². The van der Waals surface area contributed by atoms with Crippen LogP contribution in [-0.4, -0.2) is 13.6 Å². The van der Waals surface area contributed by atoms with E-state index < -0.39 is 0 Å². The van der Waals surface area contributed by atoms with Gasteiger partial charge in [0.25, 0.3) is 0 Å². The van der Waals surface area contributed by atoms with Crippen LogP contribution in [0.2, 0.25) is 0 Å². The highest BCUT2D eigenvalue weighted by atomic mass is 19.1. The molecule has 1 N–H and O–H groups in total. The fourth-order valence-corrected chi connectivity index (χ4v) is 2.34. The quantitative estimate of drug-likeness (QED) is 0.850. The maximum atomic E-state index is 14.0. The van der Waals surface area contributed by atoms with Gasteiger partial charge in [0.05, 0.1) is 5.69 Å². The molecule has 0 saturated carbocycles. The molecule has 112 valence electrons. The van der Waals surface area contributed by atoms with Crippen molar-refractivity contribution in [2.75, 3.05) is 18.5 Å². The molecular formula is C18H23FN2. The van der Waals surface area contributed by atoms with Crippen LogP contribution in [0, 0.1) is 11.7 Å². The Kier molecular flexibility index (Phi) is 5.34. The molecule has 0 bridgehead atoms. The molecule has 0 aliphatic heterocycles. The van der Waals surface area contributed by atoms with Crippen LogP contribution in [0.5, 0.6) is 0 Å². The van der Waals surface area contributed by atoms with Gasteiger partial charge in [-0.05, 0) is 36.2 Å². The summed E-state index contributed by atoms with van der Waals surface area (Å²) in [7, 11) is 1.90. The highest BCUT2D eigenvalue weighted by Crippen LogP contribution is 2.28. The van der Waals surface area contributed by atoms with Crippen molar-refractivity contribution >= 4 is 11.4 Å². The lowest BCUT2D eigenvalue weighted by molar-refractivity contribution is 0.552. The molecular weight excluding hydrogens is 263 g/mol. The predicted molar refractivity (Wildman–Crippen MR) is 87.4 cm³/mol. The Morgan fingerprint density at radius 2 is 1.62 bits per heavy atom. The first-order valence-electron chi connectivity index (χ1n) is 7.36. The first kappa shape index (κ1) is 15.5. The van der Waals surface area contributed by atoms with E-state index in [2.05, 4.69) is 25.2 Å². The molecule has 3 heteroatoms. The fourth-order valence-electron chi connectivity index (χ4n) is 2.34. The molecule has 0 aromatic heterocycles. The van der Waals surface area contributed by atoms with Gasteiger partial charge in [-0.25, -0.2) is 4.39 Å². The Bertz CT molecular complexity index is 581. The predicted octanol–water partition coefficient (Wildman–Crippen LogP) is 4.34. The van der Waals surface area contributed by atoms with Crippen molar-refractivity contribution < 1.29 is 4.39 Å². The monoisotopic (exact) mass is 286 g/mol. The third kappa shape index (κ3) is 4.05. The van der Waals surface area contributed by atoms with Gasteiger partial charge in [0.1, 0.15) is 5.82 Å². The number of hydrogen-bond acceptors (Lipinski definition) is 2. The molecule has 0 aliphatic carbocycles. The summed E-state index contributed by atoms with van der Waals surface area (Å²) in [5, 5.41) is 3.44. The zero-order valence-corrected chi connectivity index (χ0v) is 12.9. The second kappa shape index (κ2) is 7.23. The van der Waals surface area contributed by atoms with Crippen LogP contribution < -0.4 is 10.2 Å². The molecule has 2 nitrogen and oxygen atoms in total. The minimum atomic E-state index is -0.204. The van der Waals surface area contributed by atoms with Crippen LogP contribution in [0.4, 0.5) is 15.8 Å². The Morgan fingerprint density at radius 1 is 1.00 bits per heavy atom. The maximum absolute atomic E-state index is 14.0. The van der Waals surface area contributed by atoms with Crippen LogP contribution in [0.25, 0.3) is 0 Å². The molecule has 0 fully saturated rings. The summed E-state index contributed by atoms with van der Waals surface area (Å²) in [5.41, 5.74) is 2.79. The van der Waals surface area contributed by atoms with Crippen molar-refractivity contribution in [3.8, 4) is 0 Å². The summed E-state index contributed by atoms with van der Waals surface area (Å²) in [4.78, 5) is 1.90. The smallest absolute Gasteiger partial charge is 0.146 e. The molecule has 0 atom stereocenters. The summed E-state index contributed by atoms with van der Waals surface area (Å²) in [6, 6.07) is 15.0. The lowest BCUT2D eigenvalue weighted by Gasteiger charge is -2.23. The number of rotatable bonds is 6. The number of para-hydroxylation sites is 2. The van der Waals surface area contributed by atoms with Gasteiger partial charge in [0.15, 0.2) is 0 Å². The molecule has 0 unspecified atom stereocenters. The molecule has 0 heterocycles. The molecule has 0 saturated heterocycles. The average molecular weight is 286 g/mol. The van der Waals surface area contributed by atoms with E-state index in [1.165, 1.54) is 11.6 Å². The molecule has 0 amide bonds. The zero-order valence-electron chi connectivity index (χ0n) is 12.9. The van der Waals surface area contributed by atoms with Gasteiger partial charge in [-0.1, -0.05) is 44.2 Å². The SMILES string of the molecule is CC(C)CNCc1ccccc1N(C)c1ccccc1F. The largest absolute Gasteiger partial charge is 0.342 e. The average Bonchev–Trinajstić information content (AvgIpc) is 2.47. The van der Waals surface area contributed by atoms with Crippen molar-refractivity contribution in [1.29, 1.82) is 0 Å². The summed E-state index contributed by atoms with van der Waals surface area (Å²) < 4.78 is 14.0. The molecule has 0 aliphatic rings. The third-order valence-corrected chi connectivity index (χ3v) is 3.43. The number of hydrogen-bond donors (Lipinski definition) is 1. The highest BCUT2D eigenvalue weighted by molar-refractivity contribution is 5.66. The number of halogens is 1. The van der Waals surface area contributed by atoms with E-state index in [1.807, 2.05) is 36.2 Å². The van der Waals surface area contributed by atoms with Gasteiger partial charge in [-0.2, -0.15) is 0 Å². The van der Waals surface area contributed by atoms with Gasteiger partial charge in [-0.3, -0.25) is 0 Å². The molecule has 0 radical (unpaired) electrons. The van der Waals surface area contributed by atoms with Crippen molar-refractivity contribution in [3.63, 3.8) is 0 Å². The van der Waals surface area contributed by atoms with Gasteiger partial charge < -0.3 is 10.2 Å². The molecule has 0 spiro atoms. The van der Waals surface area contributed by atoms with Crippen molar-refractivity contribution in [2.24, 2.45) is 5.92 Å². The standard InChI is InChI=1S/C18H23FN2/c1-14(2)12-20-13-15-8-4-6-10-17(15)21(3)18-11-7-5-9-16(18)19/h4-11,14,20H,12-13H2,1-3H3. The first-order valence-corrected chi connectivity index (χ1v) is 7.36. The minimum Gasteiger partial charge on any atom is -0.342 e. The molecule has 2 rings (SSSR count). The normalized spacial score (nSPS) is 10.9. The molecule has 2 aromatic carbocycles. The van der Waals surface area contributed by atoms with Crippen molar-refractivity contribution in [3.05, 3.63) is 59.9 Å². The van der Waals surface area contributed by atoms with Gasteiger partial charge in [0, 0.05) is 19.3 Å². The number of anilines is 2. The van der Waals surface area contributed by atoms with Crippen LogP contribution in [-0.2, 0) is 6.54 Å². The second-order valence-electron chi connectivity index (χ2n) is 5.66. The van der Waals surface area contributed by atoms with Crippen molar-refractivity contribution in [1.82, 2.24) is 5.32 Å². The Labute approximate surface area is 126 Å². The van der Waals surface area contributed by atoms with Gasteiger partial charge in [0.2, 0.25) is 0 Å². The number of nitrogens with zero attached hydrogens (tertiary/aromatic N) is 1. The second-order valence-corrected chi connectivity index (χ2v) is 5.66. The summed E-state index contributed by atoms with van der Waals surface area (Å²) in [6.07, 6.45) is 0. The minimum absolute atomic E-state index is 0.204. The fraction of sp³-hybridized carbons (Fsp3) is 0.333. The van der Waals surface area contributed by atoms with E-state index in [9.17, 15) is 4.39 Å². The highest BCUT2D eigenvalue weighted by Gasteiger charge is 2.12. The molecule has 21 heavy (non-hydrogen) atoms. The van der Waals surface area contributed by atoms with E-state index in [0.717, 1.165) is 18.8 Å². The Balaban J connectivity index is 2.21. The Hall–Kier alpha value is -1.87. The van der Waals surface area contributed by atoms with Crippen LogP contribution in [0.3, 0.4) is 0 Å². The zero-order chi connectivity index (χ0) is 15.2. The van der Waals surface area contributed by atoms with E-state index in [1.54, 1.807) is 12.1 Å². The number of benzene rings is 2.